The molecule has 25 heavy (non-hydrogen) atoms. The summed E-state index contributed by atoms with van der Waals surface area (Å²) in [6.07, 6.45) is 0.973. The van der Waals surface area contributed by atoms with Crippen LogP contribution < -0.4 is 10.6 Å². The average Bonchev–Trinajstić information content (AvgIpc) is 2.66. The van der Waals surface area contributed by atoms with Crippen LogP contribution in [0.15, 0.2) is 60.7 Å². The van der Waals surface area contributed by atoms with E-state index in [1.54, 1.807) is 0 Å². The minimum absolute atomic E-state index is 0.324. The van der Waals surface area contributed by atoms with Crippen LogP contribution in [0.5, 0.6) is 0 Å². The molecule has 2 rings (SSSR count). The van der Waals surface area contributed by atoms with Crippen molar-refractivity contribution in [3.63, 3.8) is 0 Å². The number of hydrogen-bond donors (Lipinski definition) is 2. The van der Waals surface area contributed by atoms with Crippen LogP contribution >= 0.6 is 12.2 Å². The van der Waals surface area contributed by atoms with E-state index in [2.05, 4.69) is 84.0 Å². The molecule has 0 bridgehead atoms. The summed E-state index contributed by atoms with van der Waals surface area (Å²) >= 11 is 5.46. The zero-order valence-electron chi connectivity index (χ0n) is 15.2. The summed E-state index contributed by atoms with van der Waals surface area (Å²) in [5, 5.41) is 7.44. The lowest BCUT2D eigenvalue weighted by atomic mass is 10.1. The van der Waals surface area contributed by atoms with Crippen molar-refractivity contribution >= 4 is 17.3 Å². The van der Waals surface area contributed by atoms with Gasteiger partial charge in [-0.2, -0.15) is 0 Å². The Morgan fingerprint density at radius 3 is 2.12 bits per heavy atom. The number of benzene rings is 2. The zero-order valence-corrected chi connectivity index (χ0v) is 16.1. The monoisotopic (exact) mass is 355 g/mol. The molecule has 2 aromatic carbocycles. The van der Waals surface area contributed by atoms with Gasteiger partial charge in [0, 0.05) is 13.1 Å². The van der Waals surface area contributed by atoms with Gasteiger partial charge in [0.15, 0.2) is 5.11 Å². The van der Waals surface area contributed by atoms with Crippen molar-refractivity contribution in [3.05, 3.63) is 71.8 Å². The molecule has 4 heteroatoms. The Balaban J connectivity index is 1.83. The molecule has 2 aromatic rings. The number of hydrogen-bond acceptors (Lipinski definition) is 2. The molecule has 0 unspecified atom stereocenters. The average molecular weight is 356 g/mol. The molecule has 0 saturated heterocycles. The number of likely N-dealkylation sites (N-methyl/N-ethyl adjacent to an activating group) is 1. The first-order chi connectivity index (χ1) is 12.2. The second-order valence-corrected chi connectivity index (χ2v) is 6.43. The molecule has 0 aliphatic carbocycles. The maximum Gasteiger partial charge on any atom is 0.166 e. The van der Waals surface area contributed by atoms with Crippen molar-refractivity contribution in [1.82, 2.24) is 15.5 Å². The second kappa shape index (κ2) is 10.9. The zero-order chi connectivity index (χ0) is 17.9. The van der Waals surface area contributed by atoms with Crippen LogP contribution in [0.25, 0.3) is 0 Å². The van der Waals surface area contributed by atoms with Crippen molar-refractivity contribution in [1.29, 1.82) is 0 Å². The van der Waals surface area contributed by atoms with Crippen LogP contribution in [0, 0.1) is 0 Å². The standard InChI is InChI=1S/C21H29N3S/c1-3-24(4-2)20(19-13-9-6-10-14-19)17-23-21(25)22-16-15-18-11-7-5-8-12-18/h5-14,20H,3-4,15-17H2,1-2H3,(H2,22,23,25)/t20-/m0/s1. The third-order valence-corrected chi connectivity index (χ3v) is 4.72. The molecule has 0 radical (unpaired) electrons. The third kappa shape index (κ3) is 6.48. The second-order valence-electron chi connectivity index (χ2n) is 6.02. The molecule has 0 amide bonds. The van der Waals surface area contributed by atoms with Crippen molar-refractivity contribution in [2.24, 2.45) is 0 Å². The van der Waals surface area contributed by atoms with E-state index in [1.165, 1.54) is 11.1 Å². The van der Waals surface area contributed by atoms with Gasteiger partial charge in [0.2, 0.25) is 0 Å². The van der Waals surface area contributed by atoms with Crippen LogP contribution in [0.4, 0.5) is 0 Å². The maximum absolute atomic E-state index is 5.46. The van der Waals surface area contributed by atoms with Gasteiger partial charge in [-0.1, -0.05) is 74.5 Å². The van der Waals surface area contributed by atoms with Crippen molar-refractivity contribution in [3.8, 4) is 0 Å². The maximum atomic E-state index is 5.46. The van der Waals surface area contributed by atoms with E-state index in [-0.39, 0.29) is 0 Å². The molecular weight excluding hydrogens is 326 g/mol. The Kier molecular flexibility index (Phi) is 8.43. The first-order valence-corrected chi connectivity index (χ1v) is 9.50. The summed E-state index contributed by atoms with van der Waals surface area (Å²) in [4.78, 5) is 2.45. The Morgan fingerprint density at radius 2 is 1.52 bits per heavy atom. The molecule has 3 nitrogen and oxygen atoms in total. The largest absolute Gasteiger partial charge is 0.362 e. The molecule has 0 saturated carbocycles. The fourth-order valence-electron chi connectivity index (χ4n) is 3.01. The van der Waals surface area contributed by atoms with Crippen molar-refractivity contribution in [2.75, 3.05) is 26.2 Å². The first-order valence-electron chi connectivity index (χ1n) is 9.09. The lowest BCUT2D eigenvalue weighted by molar-refractivity contribution is 0.219. The molecule has 0 aliphatic heterocycles. The van der Waals surface area contributed by atoms with Crippen LogP contribution in [-0.2, 0) is 6.42 Å². The first kappa shape index (κ1) is 19.4. The number of nitrogens with one attached hydrogen (secondary N) is 2. The Bertz CT molecular complexity index is 612. The van der Waals surface area contributed by atoms with E-state index < -0.39 is 0 Å². The van der Waals surface area contributed by atoms with Gasteiger partial charge in [-0.25, -0.2) is 0 Å². The third-order valence-electron chi connectivity index (χ3n) is 4.44. The summed E-state index contributed by atoms with van der Waals surface area (Å²) in [7, 11) is 0. The molecule has 2 N–H and O–H groups in total. The van der Waals surface area contributed by atoms with Gasteiger partial charge in [-0.3, -0.25) is 4.90 Å². The molecular formula is C21H29N3S. The molecule has 0 heterocycles. The predicted octanol–water partition coefficient (Wildman–Crippen LogP) is 3.78. The highest BCUT2D eigenvalue weighted by Gasteiger charge is 2.17. The van der Waals surface area contributed by atoms with Crippen molar-refractivity contribution in [2.45, 2.75) is 26.3 Å². The van der Waals surface area contributed by atoms with Gasteiger partial charge in [-0.15, -0.1) is 0 Å². The van der Waals surface area contributed by atoms with Crippen LogP contribution in [0.2, 0.25) is 0 Å². The molecule has 0 aromatic heterocycles. The molecule has 1 atom stereocenters. The van der Waals surface area contributed by atoms with Crippen LogP contribution in [0.1, 0.15) is 31.0 Å². The summed E-state index contributed by atoms with van der Waals surface area (Å²) < 4.78 is 0. The number of nitrogens with zero attached hydrogens (tertiary/aromatic N) is 1. The van der Waals surface area contributed by atoms with Crippen LogP contribution in [0.3, 0.4) is 0 Å². The normalized spacial score (nSPS) is 12.0. The minimum atomic E-state index is 0.324. The van der Waals surface area contributed by atoms with E-state index >= 15 is 0 Å². The highest BCUT2D eigenvalue weighted by atomic mass is 32.1. The SMILES string of the molecule is CCN(CC)[C@@H](CNC(=S)NCCc1ccccc1)c1ccccc1. The Hall–Kier alpha value is -1.91. The lowest BCUT2D eigenvalue weighted by Crippen LogP contribution is -2.42. The van der Waals surface area contributed by atoms with Crippen LogP contribution in [-0.4, -0.2) is 36.2 Å². The van der Waals surface area contributed by atoms with E-state index in [0.717, 1.165) is 37.7 Å². The summed E-state index contributed by atoms with van der Waals surface area (Å²) in [6.45, 7) is 8.10. The highest BCUT2D eigenvalue weighted by molar-refractivity contribution is 7.80. The van der Waals surface area contributed by atoms with E-state index in [0.29, 0.717) is 6.04 Å². The smallest absolute Gasteiger partial charge is 0.166 e. The van der Waals surface area contributed by atoms with E-state index in [1.807, 2.05) is 6.07 Å². The van der Waals surface area contributed by atoms with Gasteiger partial charge in [-0.05, 0) is 42.9 Å². The molecule has 0 fully saturated rings. The fourth-order valence-corrected chi connectivity index (χ4v) is 3.20. The number of rotatable bonds is 9. The van der Waals surface area contributed by atoms with Gasteiger partial charge < -0.3 is 10.6 Å². The number of thiocarbonyl (C=S) groups is 1. The van der Waals surface area contributed by atoms with Gasteiger partial charge >= 0.3 is 0 Å². The van der Waals surface area contributed by atoms with Gasteiger partial charge in [0.1, 0.15) is 0 Å². The van der Waals surface area contributed by atoms with Crippen molar-refractivity contribution < 1.29 is 0 Å². The summed E-state index contributed by atoms with van der Waals surface area (Å²) in [5.41, 5.74) is 2.65. The Morgan fingerprint density at radius 1 is 0.920 bits per heavy atom. The van der Waals surface area contributed by atoms with E-state index in [9.17, 15) is 0 Å². The topological polar surface area (TPSA) is 27.3 Å². The predicted molar refractivity (Wildman–Crippen MR) is 111 cm³/mol. The molecule has 0 spiro atoms. The van der Waals surface area contributed by atoms with Gasteiger partial charge in [0.05, 0.1) is 6.04 Å². The summed E-state index contributed by atoms with van der Waals surface area (Å²) in [5.74, 6) is 0. The minimum Gasteiger partial charge on any atom is -0.362 e. The molecule has 0 aliphatic rings. The quantitative estimate of drug-likeness (QED) is 0.670. The lowest BCUT2D eigenvalue weighted by Gasteiger charge is -2.30. The summed E-state index contributed by atoms with van der Waals surface area (Å²) in [6, 6.07) is 21.4. The van der Waals surface area contributed by atoms with E-state index in [4.69, 9.17) is 12.2 Å². The van der Waals surface area contributed by atoms with Gasteiger partial charge in [0.25, 0.3) is 0 Å². The highest BCUT2D eigenvalue weighted by Crippen LogP contribution is 2.19. The fraction of sp³-hybridized carbons (Fsp3) is 0.381. The molecule has 134 valence electrons. The Labute approximate surface area is 157 Å².